The van der Waals surface area contributed by atoms with Gasteiger partial charge in [-0.15, -0.1) is 0 Å². The van der Waals surface area contributed by atoms with E-state index in [1.54, 1.807) is 6.92 Å². The fourth-order valence-corrected chi connectivity index (χ4v) is 1.21. The van der Waals surface area contributed by atoms with Crippen molar-refractivity contribution in [1.29, 1.82) is 0 Å². The second-order valence-electron chi connectivity index (χ2n) is 3.08. The van der Waals surface area contributed by atoms with Crippen LogP contribution in [0.4, 0.5) is 0 Å². The van der Waals surface area contributed by atoms with Crippen molar-refractivity contribution in [2.45, 2.75) is 6.92 Å². The van der Waals surface area contributed by atoms with Gasteiger partial charge in [-0.25, -0.2) is 14.6 Å². The SMILES string of the molecule is CCOC(=O)c1cnc(OC(=O)c2cnc(Cl)o2)o1. The normalized spacial score (nSPS) is 10.2. The van der Waals surface area contributed by atoms with E-state index in [2.05, 4.69) is 14.7 Å². The Bertz CT molecular complexity index is 605. The molecule has 2 heterocycles. The predicted molar refractivity (Wildman–Crippen MR) is 58.9 cm³/mol. The topological polar surface area (TPSA) is 105 Å². The molecular weight excluding hydrogens is 280 g/mol. The van der Waals surface area contributed by atoms with Crippen molar-refractivity contribution in [2.75, 3.05) is 6.61 Å². The van der Waals surface area contributed by atoms with Crippen molar-refractivity contribution < 1.29 is 27.9 Å². The van der Waals surface area contributed by atoms with Crippen molar-refractivity contribution in [1.82, 2.24) is 9.97 Å². The van der Waals surface area contributed by atoms with Crippen LogP contribution >= 0.6 is 11.6 Å². The van der Waals surface area contributed by atoms with Gasteiger partial charge in [-0.3, -0.25) is 0 Å². The van der Waals surface area contributed by atoms with Crippen LogP contribution in [0.5, 0.6) is 6.08 Å². The number of esters is 2. The molecule has 0 spiro atoms. The number of oxazole rings is 2. The van der Waals surface area contributed by atoms with Gasteiger partial charge in [0.15, 0.2) is 0 Å². The zero-order valence-electron chi connectivity index (χ0n) is 9.58. The van der Waals surface area contributed by atoms with E-state index < -0.39 is 18.0 Å². The highest BCUT2D eigenvalue weighted by Crippen LogP contribution is 2.15. The van der Waals surface area contributed by atoms with Crippen molar-refractivity contribution in [3.05, 3.63) is 29.3 Å². The Morgan fingerprint density at radius 1 is 1.21 bits per heavy atom. The van der Waals surface area contributed by atoms with Crippen LogP contribution < -0.4 is 4.74 Å². The lowest BCUT2D eigenvalue weighted by atomic mass is 10.5. The van der Waals surface area contributed by atoms with E-state index >= 15 is 0 Å². The monoisotopic (exact) mass is 286 g/mol. The van der Waals surface area contributed by atoms with Gasteiger partial charge in [-0.1, -0.05) is 0 Å². The van der Waals surface area contributed by atoms with E-state index in [0.717, 1.165) is 12.4 Å². The highest BCUT2D eigenvalue weighted by Gasteiger charge is 2.19. The summed E-state index contributed by atoms with van der Waals surface area (Å²) in [6.45, 7) is 1.83. The Morgan fingerprint density at radius 3 is 2.53 bits per heavy atom. The van der Waals surface area contributed by atoms with Gasteiger partial charge in [0, 0.05) is 0 Å². The molecule has 2 aromatic heterocycles. The van der Waals surface area contributed by atoms with Gasteiger partial charge in [-0.2, -0.15) is 4.98 Å². The summed E-state index contributed by atoms with van der Waals surface area (Å²) in [6, 6.07) is 0. The van der Waals surface area contributed by atoms with Crippen molar-refractivity contribution in [3.8, 4) is 6.08 Å². The van der Waals surface area contributed by atoms with Gasteiger partial charge < -0.3 is 18.3 Å². The Hall–Kier alpha value is -2.35. The molecule has 8 nitrogen and oxygen atoms in total. The van der Waals surface area contributed by atoms with Crippen LogP contribution in [0, 0.1) is 0 Å². The summed E-state index contributed by atoms with van der Waals surface area (Å²) >= 11 is 5.40. The number of halogens is 1. The van der Waals surface area contributed by atoms with Gasteiger partial charge in [-0.05, 0) is 18.5 Å². The second kappa shape index (κ2) is 5.53. The third-order valence-corrected chi connectivity index (χ3v) is 1.99. The van der Waals surface area contributed by atoms with Gasteiger partial charge in [0.1, 0.15) is 0 Å². The minimum absolute atomic E-state index is 0.180. The maximum Gasteiger partial charge on any atom is 0.402 e. The summed E-state index contributed by atoms with van der Waals surface area (Å²) < 4.78 is 19.0. The van der Waals surface area contributed by atoms with E-state index in [1.807, 2.05) is 0 Å². The van der Waals surface area contributed by atoms with Crippen LogP contribution in [0.2, 0.25) is 5.35 Å². The average Bonchev–Trinajstić information content (AvgIpc) is 2.98. The van der Waals surface area contributed by atoms with E-state index in [0.29, 0.717) is 0 Å². The quantitative estimate of drug-likeness (QED) is 0.782. The average molecular weight is 287 g/mol. The minimum atomic E-state index is -0.906. The van der Waals surface area contributed by atoms with E-state index in [1.165, 1.54) is 0 Å². The molecule has 0 aliphatic heterocycles. The largest absolute Gasteiger partial charge is 0.460 e. The van der Waals surface area contributed by atoms with E-state index in [9.17, 15) is 9.59 Å². The molecule has 100 valence electrons. The summed E-state index contributed by atoms with van der Waals surface area (Å²) in [7, 11) is 0. The molecule has 2 rings (SSSR count). The van der Waals surface area contributed by atoms with E-state index in [4.69, 9.17) is 25.2 Å². The summed E-state index contributed by atoms with van der Waals surface area (Å²) in [5.41, 5.74) is 0. The number of nitrogens with zero attached hydrogens (tertiary/aromatic N) is 2. The standard InChI is InChI=1S/C10H7ClN2O6/c1-2-16-7(14)5-4-13-10(18-5)19-8(15)6-3-12-9(11)17-6/h3-4H,2H2,1H3. The van der Waals surface area contributed by atoms with Crippen LogP contribution in [0.3, 0.4) is 0 Å². The molecule has 0 aromatic carbocycles. The van der Waals surface area contributed by atoms with E-state index in [-0.39, 0.29) is 23.5 Å². The van der Waals surface area contributed by atoms with Crippen LogP contribution in [-0.4, -0.2) is 28.5 Å². The van der Waals surface area contributed by atoms with Gasteiger partial charge >= 0.3 is 18.0 Å². The molecule has 0 aliphatic rings. The molecule has 0 amide bonds. The fourth-order valence-electron chi connectivity index (χ4n) is 1.08. The van der Waals surface area contributed by atoms with Crippen LogP contribution in [0.25, 0.3) is 0 Å². The number of ether oxygens (including phenoxy) is 2. The molecule has 0 saturated heterocycles. The Balaban J connectivity index is 2.04. The lowest BCUT2D eigenvalue weighted by Gasteiger charge is -1.96. The number of aromatic nitrogens is 2. The van der Waals surface area contributed by atoms with Crippen LogP contribution in [-0.2, 0) is 4.74 Å². The summed E-state index contributed by atoms with van der Waals surface area (Å²) in [5.74, 6) is -2.02. The van der Waals surface area contributed by atoms with Crippen molar-refractivity contribution >= 4 is 23.5 Å². The third kappa shape index (κ3) is 3.10. The fraction of sp³-hybridized carbons (Fsp3) is 0.200. The first-order valence-electron chi connectivity index (χ1n) is 5.06. The van der Waals surface area contributed by atoms with Crippen molar-refractivity contribution in [2.24, 2.45) is 0 Å². The van der Waals surface area contributed by atoms with Gasteiger partial charge in [0.2, 0.25) is 11.5 Å². The number of carbonyl (C=O) groups is 2. The van der Waals surface area contributed by atoms with Crippen LogP contribution in [0.15, 0.2) is 21.2 Å². The Labute approximate surface area is 111 Å². The smallest absolute Gasteiger partial charge is 0.402 e. The summed E-state index contributed by atoms with van der Waals surface area (Å²) in [6.07, 6.45) is 1.74. The van der Waals surface area contributed by atoms with Gasteiger partial charge in [0.05, 0.1) is 19.0 Å². The van der Waals surface area contributed by atoms with Crippen molar-refractivity contribution in [3.63, 3.8) is 0 Å². The molecule has 0 aliphatic carbocycles. The molecule has 9 heteroatoms. The molecule has 0 unspecified atom stereocenters. The molecule has 0 radical (unpaired) electrons. The number of carbonyl (C=O) groups excluding carboxylic acids is 2. The number of hydrogen-bond donors (Lipinski definition) is 0. The molecule has 0 fully saturated rings. The molecule has 0 atom stereocenters. The zero-order chi connectivity index (χ0) is 13.8. The summed E-state index contributed by atoms with van der Waals surface area (Å²) in [5, 5.41) is -0.202. The second-order valence-corrected chi connectivity index (χ2v) is 3.40. The molecule has 19 heavy (non-hydrogen) atoms. The first-order chi connectivity index (χ1) is 9.10. The highest BCUT2D eigenvalue weighted by molar-refractivity contribution is 6.27. The zero-order valence-corrected chi connectivity index (χ0v) is 10.3. The maximum atomic E-state index is 11.5. The third-order valence-electron chi connectivity index (χ3n) is 1.82. The minimum Gasteiger partial charge on any atom is -0.460 e. The molecule has 0 N–H and O–H groups in total. The predicted octanol–water partition coefficient (Wildman–Crippen LogP) is 1.71. The lowest BCUT2D eigenvalue weighted by Crippen LogP contribution is -2.07. The molecule has 0 saturated carbocycles. The maximum absolute atomic E-state index is 11.5. The summed E-state index contributed by atoms with van der Waals surface area (Å²) in [4.78, 5) is 29.9. The first-order valence-corrected chi connectivity index (χ1v) is 5.44. The van der Waals surface area contributed by atoms with Crippen LogP contribution in [0.1, 0.15) is 28.0 Å². The first kappa shape index (κ1) is 13.1. The molecule has 0 bridgehead atoms. The Kier molecular flexibility index (Phi) is 3.81. The number of hydrogen-bond acceptors (Lipinski definition) is 8. The number of rotatable bonds is 4. The molecule has 2 aromatic rings. The lowest BCUT2D eigenvalue weighted by molar-refractivity contribution is 0.0469. The van der Waals surface area contributed by atoms with Gasteiger partial charge in [0.25, 0.3) is 5.35 Å². The molecular formula is C10H7ClN2O6. The Morgan fingerprint density at radius 2 is 1.89 bits per heavy atom. The highest BCUT2D eigenvalue weighted by atomic mass is 35.5.